The van der Waals surface area contributed by atoms with E-state index >= 15 is 0 Å². The zero-order valence-corrected chi connectivity index (χ0v) is 12.5. The lowest BCUT2D eigenvalue weighted by Crippen LogP contribution is -2.42. The van der Waals surface area contributed by atoms with E-state index in [1.807, 2.05) is 0 Å². The molecular weight excluding hydrogens is 254 g/mol. The van der Waals surface area contributed by atoms with E-state index in [-0.39, 0.29) is 0 Å². The molecule has 2 aliphatic rings. The highest BCUT2D eigenvalue weighted by Gasteiger charge is 2.31. The smallest absolute Gasteiger partial charge is 0.0139 e. The Bertz CT molecular complexity index is 617. The first-order valence-corrected chi connectivity index (χ1v) is 8.29. The van der Waals surface area contributed by atoms with E-state index < -0.39 is 0 Å². The van der Waals surface area contributed by atoms with Crippen molar-refractivity contribution in [2.24, 2.45) is 0 Å². The summed E-state index contributed by atoms with van der Waals surface area (Å²) in [6.07, 6.45) is 6.30. The fraction of sp³-hybridized carbons (Fsp3) is 0.400. The molecule has 0 amide bonds. The van der Waals surface area contributed by atoms with Crippen molar-refractivity contribution in [3.8, 4) is 0 Å². The second-order valence-electron chi connectivity index (χ2n) is 6.54. The Kier molecular flexibility index (Phi) is 3.52. The van der Waals surface area contributed by atoms with Crippen LogP contribution in [0, 0.1) is 0 Å². The minimum atomic E-state index is 0.728. The van der Waals surface area contributed by atoms with Gasteiger partial charge < -0.3 is 5.32 Å². The van der Waals surface area contributed by atoms with E-state index in [0.29, 0.717) is 0 Å². The van der Waals surface area contributed by atoms with E-state index in [1.165, 1.54) is 43.4 Å². The molecule has 1 N–H and O–H groups in total. The Hall–Kier alpha value is -1.60. The Morgan fingerprint density at radius 2 is 1.86 bits per heavy atom. The summed E-state index contributed by atoms with van der Waals surface area (Å²) in [7, 11) is 0. The summed E-state index contributed by atoms with van der Waals surface area (Å²) in [5.41, 5.74) is 6.09. The summed E-state index contributed by atoms with van der Waals surface area (Å²) in [5.74, 6) is 0.758. The predicted molar refractivity (Wildman–Crippen MR) is 87.8 cm³/mol. The number of benzene rings is 2. The monoisotopic (exact) mass is 277 g/mol. The van der Waals surface area contributed by atoms with Crippen molar-refractivity contribution in [1.29, 1.82) is 0 Å². The minimum absolute atomic E-state index is 0.728. The molecule has 0 spiro atoms. The van der Waals surface area contributed by atoms with Crippen LogP contribution in [0.5, 0.6) is 0 Å². The lowest BCUT2D eigenvalue weighted by Gasteiger charge is -2.38. The van der Waals surface area contributed by atoms with Crippen LogP contribution in [-0.4, -0.2) is 12.6 Å². The van der Waals surface area contributed by atoms with Gasteiger partial charge in [0.1, 0.15) is 0 Å². The first kappa shape index (κ1) is 13.1. The van der Waals surface area contributed by atoms with Crippen LogP contribution in [-0.2, 0) is 12.8 Å². The number of hydrogen-bond donors (Lipinski definition) is 1. The van der Waals surface area contributed by atoms with Crippen molar-refractivity contribution in [2.45, 2.75) is 44.1 Å². The third kappa shape index (κ3) is 2.63. The van der Waals surface area contributed by atoms with Crippen molar-refractivity contribution < 1.29 is 0 Å². The van der Waals surface area contributed by atoms with Crippen molar-refractivity contribution in [2.75, 3.05) is 6.54 Å². The molecule has 2 aromatic rings. The topological polar surface area (TPSA) is 12.0 Å². The fourth-order valence-corrected chi connectivity index (χ4v) is 4.12. The molecule has 0 saturated carbocycles. The van der Waals surface area contributed by atoms with Gasteiger partial charge in [-0.15, -0.1) is 0 Å². The van der Waals surface area contributed by atoms with Crippen molar-refractivity contribution in [3.05, 3.63) is 70.8 Å². The van der Waals surface area contributed by atoms with Crippen LogP contribution < -0.4 is 5.32 Å². The molecular formula is C20H23N. The van der Waals surface area contributed by atoms with Gasteiger partial charge in [-0.25, -0.2) is 0 Å². The Balaban J connectivity index is 1.60. The van der Waals surface area contributed by atoms with Crippen LogP contribution >= 0.6 is 0 Å². The largest absolute Gasteiger partial charge is 0.313 e. The molecule has 0 bridgehead atoms. The molecule has 21 heavy (non-hydrogen) atoms. The first-order chi connectivity index (χ1) is 10.4. The average molecular weight is 277 g/mol. The molecule has 0 radical (unpaired) electrons. The highest BCUT2D eigenvalue weighted by molar-refractivity contribution is 5.39. The summed E-state index contributed by atoms with van der Waals surface area (Å²) >= 11 is 0. The van der Waals surface area contributed by atoms with Crippen LogP contribution in [0.3, 0.4) is 0 Å². The Morgan fingerprint density at radius 1 is 0.952 bits per heavy atom. The van der Waals surface area contributed by atoms with Gasteiger partial charge in [0.2, 0.25) is 0 Å². The highest BCUT2D eigenvalue weighted by Crippen LogP contribution is 2.37. The van der Waals surface area contributed by atoms with Crippen molar-refractivity contribution >= 4 is 0 Å². The molecule has 1 nitrogen and oxygen atoms in total. The van der Waals surface area contributed by atoms with Crippen LogP contribution in [0.25, 0.3) is 0 Å². The summed E-state index contributed by atoms with van der Waals surface area (Å²) in [5, 5.41) is 3.72. The van der Waals surface area contributed by atoms with Gasteiger partial charge in [-0.1, -0.05) is 48.5 Å². The molecule has 1 aliphatic heterocycles. The number of rotatable bonds is 2. The van der Waals surface area contributed by atoms with Crippen molar-refractivity contribution in [1.82, 2.24) is 5.32 Å². The first-order valence-electron chi connectivity index (χ1n) is 8.29. The predicted octanol–water partition coefficient (Wildman–Crippen LogP) is 4.06. The van der Waals surface area contributed by atoms with Gasteiger partial charge in [-0.05, 0) is 66.8 Å². The maximum absolute atomic E-state index is 3.72. The van der Waals surface area contributed by atoms with Crippen LogP contribution in [0.4, 0.5) is 0 Å². The summed E-state index contributed by atoms with van der Waals surface area (Å²) in [6.45, 7) is 1.21. The van der Waals surface area contributed by atoms with Gasteiger partial charge in [-0.2, -0.15) is 0 Å². The molecule has 1 heteroatoms. The van der Waals surface area contributed by atoms with Crippen LogP contribution in [0.15, 0.2) is 48.5 Å². The molecule has 1 heterocycles. The highest BCUT2D eigenvalue weighted by atomic mass is 14.9. The molecule has 1 aliphatic carbocycles. The maximum Gasteiger partial charge on any atom is 0.0139 e. The second-order valence-corrected chi connectivity index (χ2v) is 6.54. The lowest BCUT2D eigenvalue weighted by molar-refractivity contribution is 0.319. The van der Waals surface area contributed by atoms with Gasteiger partial charge in [0, 0.05) is 6.04 Å². The van der Waals surface area contributed by atoms with E-state index in [1.54, 1.807) is 11.1 Å². The molecule has 108 valence electrons. The molecule has 1 fully saturated rings. The van der Waals surface area contributed by atoms with Gasteiger partial charge >= 0.3 is 0 Å². The van der Waals surface area contributed by atoms with Gasteiger partial charge in [0.05, 0.1) is 0 Å². The molecule has 0 unspecified atom stereocenters. The van der Waals surface area contributed by atoms with E-state index in [2.05, 4.69) is 53.8 Å². The lowest BCUT2D eigenvalue weighted by atomic mass is 9.75. The number of fused-ring (bicyclic) bond motifs is 3. The quantitative estimate of drug-likeness (QED) is 0.873. The SMILES string of the molecule is c1ccc(Cc2ccc3c(c2)CC[C@@H]2NCCC[C@H]32)cc1. The van der Waals surface area contributed by atoms with Crippen LogP contribution in [0.2, 0.25) is 0 Å². The number of nitrogens with one attached hydrogen (secondary N) is 1. The normalized spacial score (nSPS) is 24.2. The summed E-state index contributed by atoms with van der Waals surface area (Å²) in [4.78, 5) is 0. The number of piperidine rings is 1. The number of hydrogen-bond acceptors (Lipinski definition) is 1. The zero-order chi connectivity index (χ0) is 14.1. The van der Waals surface area contributed by atoms with Crippen molar-refractivity contribution in [3.63, 3.8) is 0 Å². The van der Waals surface area contributed by atoms with Crippen LogP contribution in [0.1, 0.15) is 47.4 Å². The van der Waals surface area contributed by atoms with E-state index in [0.717, 1.165) is 18.4 Å². The van der Waals surface area contributed by atoms with Gasteiger partial charge in [0.25, 0.3) is 0 Å². The standard InChI is InChI=1S/C20H23N/c1-2-5-15(6-3-1)13-16-8-10-18-17(14-16)9-11-20-19(18)7-4-12-21-20/h1-3,5-6,8,10,14,19-21H,4,7,9,11-13H2/t19-,20+/m1/s1. The fourth-order valence-electron chi connectivity index (χ4n) is 4.12. The number of aryl methyl sites for hydroxylation is 1. The zero-order valence-electron chi connectivity index (χ0n) is 12.5. The molecule has 2 atom stereocenters. The van der Waals surface area contributed by atoms with E-state index in [9.17, 15) is 0 Å². The molecule has 4 rings (SSSR count). The minimum Gasteiger partial charge on any atom is -0.313 e. The third-order valence-corrected chi connectivity index (χ3v) is 5.17. The summed E-state index contributed by atoms with van der Waals surface area (Å²) < 4.78 is 0. The average Bonchev–Trinajstić information content (AvgIpc) is 2.55. The molecule has 1 saturated heterocycles. The Labute approximate surface area is 127 Å². The van der Waals surface area contributed by atoms with Gasteiger partial charge in [0.15, 0.2) is 0 Å². The second kappa shape index (κ2) is 5.65. The molecule has 2 aromatic carbocycles. The Morgan fingerprint density at radius 3 is 2.76 bits per heavy atom. The maximum atomic E-state index is 3.72. The van der Waals surface area contributed by atoms with Gasteiger partial charge in [-0.3, -0.25) is 0 Å². The van der Waals surface area contributed by atoms with E-state index in [4.69, 9.17) is 0 Å². The third-order valence-electron chi connectivity index (χ3n) is 5.17. The molecule has 0 aromatic heterocycles. The summed E-state index contributed by atoms with van der Waals surface area (Å²) in [6, 6.07) is 18.8.